The van der Waals surface area contributed by atoms with Gasteiger partial charge in [0.05, 0.1) is 28.6 Å². The van der Waals surface area contributed by atoms with Gasteiger partial charge >= 0.3 is 11.9 Å². The Bertz CT molecular complexity index is 988. The summed E-state index contributed by atoms with van der Waals surface area (Å²) in [7, 11) is 0. The number of hydrogen-bond acceptors (Lipinski definition) is 7. The average Bonchev–Trinajstić information content (AvgIpc) is 2.73. The molecule has 1 unspecified atom stereocenters. The maximum atomic E-state index is 13.0. The van der Waals surface area contributed by atoms with Crippen molar-refractivity contribution in [3.8, 4) is 0 Å². The molecule has 1 aromatic carbocycles. The number of carbonyl (C=O) groups is 2. The van der Waals surface area contributed by atoms with E-state index in [1.807, 2.05) is 13.0 Å². The van der Waals surface area contributed by atoms with Crippen LogP contribution in [0.25, 0.3) is 0 Å². The number of ether oxygens (including phenoxy) is 2. The van der Waals surface area contributed by atoms with Crippen molar-refractivity contribution in [2.24, 2.45) is 0 Å². The number of esters is 2. The predicted octanol–water partition coefficient (Wildman–Crippen LogP) is 4.07. The first-order chi connectivity index (χ1) is 14.8. The molecule has 0 radical (unpaired) electrons. The Hall–Kier alpha value is -3.68. The van der Waals surface area contributed by atoms with Crippen molar-refractivity contribution in [1.82, 2.24) is 5.32 Å². The van der Waals surface area contributed by atoms with E-state index in [1.165, 1.54) is 18.2 Å². The third kappa shape index (κ3) is 5.69. The molecule has 1 atom stereocenters. The highest BCUT2D eigenvalue weighted by Crippen LogP contribution is 2.40. The minimum Gasteiger partial charge on any atom is -0.463 e. The van der Waals surface area contributed by atoms with Crippen molar-refractivity contribution in [3.63, 3.8) is 0 Å². The van der Waals surface area contributed by atoms with Gasteiger partial charge in [0, 0.05) is 23.5 Å². The molecule has 2 rings (SSSR count). The summed E-state index contributed by atoms with van der Waals surface area (Å²) in [6, 6.07) is 5.87. The van der Waals surface area contributed by atoms with E-state index < -0.39 is 22.8 Å². The summed E-state index contributed by atoms with van der Waals surface area (Å²) >= 11 is 0. The first-order valence-electron chi connectivity index (χ1n) is 9.86. The molecular formula is C23H26N2O6. The fraction of sp³-hybridized carbons (Fsp3) is 0.304. The quantitative estimate of drug-likeness (QED) is 0.289. The van der Waals surface area contributed by atoms with Gasteiger partial charge in [0.2, 0.25) is 0 Å². The highest BCUT2D eigenvalue weighted by Gasteiger charge is 2.38. The monoisotopic (exact) mass is 426 g/mol. The van der Waals surface area contributed by atoms with Gasteiger partial charge in [0.1, 0.15) is 6.61 Å². The molecule has 1 aliphatic rings. The standard InChI is InChI=1S/C23H26N2O6/c1-5-7-8-9-13-31-23(27)20-16(4)24-15(3)19(22(26)30-6-2)21(20)17-11-10-12-18(14-17)25(28)29/h5,7-12,14,21,24H,6,13H2,1-4H3/b7-5+,9-8+. The van der Waals surface area contributed by atoms with Gasteiger partial charge in [0.15, 0.2) is 0 Å². The molecule has 0 fully saturated rings. The van der Waals surface area contributed by atoms with Gasteiger partial charge in [-0.05, 0) is 39.3 Å². The molecule has 0 bridgehead atoms. The largest absolute Gasteiger partial charge is 0.463 e. The molecule has 1 heterocycles. The highest BCUT2D eigenvalue weighted by molar-refractivity contribution is 6.00. The number of nitrogens with one attached hydrogen (secondary N) is 1. The summed E-state index contributed by atoms with van der Waals surface area (Å²) in [5.74, 6) is -2.09. The number of nitrogens with zero attached hydrogens (tertiary/aromatic N) is 1. The van der Waals surface area contributed by atoms with E-state index in [1.54, 1.807) is 45.1 Å². The van der Waals surface area contributed by atoms with Gasteiger partial charge in [0.25, 0.3) is 5.69 Å². The predicted molar refractivity (Wildman–Crippen MR) is 116 cm³/mol. The first-order valence-corrected chi connectivity index (χ1v) is 9.86. The van der Waals surface area contributed by atoms with Crippen molar-refractivity contribution in [2.45, 2.75) is 33.6 Å². The topological polar surface area (TPSA) is 108 Å². The summed E-state index contributed by atoms with van der Waals surface area (Å²) in [6.07, 6.45) is 7.07. The van der Waals surface area contributed by atoms with E-state index in [0.717, 1.165) is 0 Å². The van der Waals surface area contributed by atoms with Crippen molar-refractivity contribution in [2.75, 3.05) is 13.2 Å². The molecule has 164 valence electrons. The molecule has 0 saturated carbocycles. The number of dihydropyridines is 1. The Labute approximate surface area is 181 Å². The number of benzene rings is 1. The summed E-state index contributed by atoms with van der Waals surface area (Å²) in [4.78, 5) is 36.5. The zero-order valence-electron chi connectivity index (χ0n) is 18.0. The molecule has 0 aliphatic carbocycles. The number of non-ortho nitro benzene ring substituents is 1. The van der Waals surface area contributed by atoms with Crippen LogP contribution in [0, 0.1) is 10.1 Å². The zero-order chi connectivity index (χ0) is 23.0. The lowest BCUT2D eigenvalue weighted by atomic mass is 9.80. The summed E-state index contributed by atoms with van der Waals surface area (Å²) in [5.41, 5.74) is 1.71. The van der Waals surface area contributed by atoms with Crippen LogP contribution in [0.2, 0.25) is 0 Å². The van der Waals surface area contributed by atoms with Crippen LogP contribution in [0.4, 0.5) is 5.69 Å². The van der Waals surface area contributed by atoms with Crippen LogP contribution >= 0.6 is 0 Å². The van der Waals surface area contributed by atoms with Crippen LogP contribution in [0.3, 0.4) is 0 Å². The number of nitro benzene ring substituents is 1. The SMILES string of the molecule is C/C=C/C=C/COC(=O)C1=C(C)NC(C)=C(C(=O)OCC)C1c1cccc([N+](=O)[O-])c1. The van der Waals surface area contributed by atoms with Crippen LogP contribution in [0.5, 0.6) is 0 Å². The minimum atomic E-state index is -0.868. The third-order valence-corrected chi connectivity index (χ3v) is 4.64. The second-order valence-corrected chi connectivity index (χ2v) is 6.76. The highest BCUT2D eigenvalue weighted by atomic mass is 16.6. The van der Waals surface area contributed by atoms with E-state index in [9.17, 15) is 19.7 Å². The maximum absolute atomic E-state index is 13.0. The molecule has 0 aromatic heterocycles. The Morgan fingerprint density at radius 2 is 1.77 bits per heavy atom. The smallest absolute Gasteiger partial charge is 0.337 e. The second kappa shape index (κ2) is 10.9. The van der Waals surface area contributed by atoms with Crippen LogP contribution in [0.1, 0.15) is 39.2 Å². The zero-order valence-corrected chi connectivity index (χ0v) is 18.0. The Kier molecular flexibility index (Phi) is 8.31. The van der Waals surface area contributed by atoms with E-state index in [2.05, 4.69) is 5.32 Å². The van der Waals surface area contributed by atoms with Gasteiger partial charge in [-0.2, -0.15) is 0 Å². The molecule has 0 spiro atoms. The van der Waals surface area contributed by atoms with Crippen LogP contribution < -0.4 is 5.32 Å². The number of carbonyl (C=O) groups excluding carboxylic acids is 2. The number of hydrogen-bond donors (Lipinski definition) is 1. The molecule has 8 nitrogen and oxygen atoms in total. The third-order valence-electron chi connectivity index (χ3n) is 4.64. The van der Waals surface area contributed by atoms with Crippen molar-refractivity contribution < 1.29 is 24.0 Å². The number of rotatable bonds is 8. The second-order valence-electron chi connectivity index (χ2n) is 6.76. The van der Waals surface area contributed by atoms with Crippen molar-refractivity contribution >= 4 is 17.6 Å². The lowest BCUT2D eigenvalue weighted by molar-refractivity contribution is -0.384. The van der Waals surface area contributed by atoms with Crippen LogP contribution in [-0.4, -0.2) is 30.1 Å². The fourth-order valence-corrected chi connectivity index (χ4v) is 3.34. The fourth-order valence-electron chi connectivity index (χ4n) is 3.34. The number of nitro groups is 1. The number of allylic oxidation sites excluding steroid dienone is 5. The molecule has 1 aromatic rings. The molecular weight excluding hydrogens is 400 g/mol. The van der Waals surface area contributed by atoms with Crippen LogP contribution in [0.15, 0.2) is 71.1 Å². The van der Waals surface area contributed by atoms with Gasteiger partial charge in [-0.1, -0.05) is 30.4 Å². The van der Waals surface area contributed by atoms with Gasteiger partial charge in [-0.25, -0.2) is 9.59 Å². The van der Waals surface area contributed by atoms with Gasteiger partial charge in [-0.15, -0.1) is 0 Å². The van der Waals surface area contributed by atoms with Crippen molar-refractivity contribution in [3.05, 3.63) is 86.8 Å². The molecule has 31 heavy (non-hydrogen) atoms. The summed E-state index contributed by atoms with van der Waals surface area (Å²) in [5, 5.41) is 14.3. The molecule has 0 saturated heterocycles. The molecule has 8 heteroatoms. The first kappa shape index (κ1) is 23.6. The minimum absolute atomic E-state index is 0.0407. The van der Waals surface area contributed by atoms with E-state index in [-0.39, 0.29) is 30.0 Å². The molecule has 1 aliphatic heterocycles. The lowest BCUT2D eigenvalue weighted by Crippen LogP contribution is -2.32. The summed E-state index contributed by atoms with van der Waals surface area (Å²) in [6.45, 7) is 7.13. The molecule has 1 N–H and O–H groups in total. The van der Waals surface area contributed by atoms with E-state index >= 15 is 0 Å². The Morgan fingerprint density at radius 3 is 2.35 bits per heavy atom. The average molecular weight is 426 g/mol. The van der Waals surface area contributed by atoms with E-state index in [0.29, 0.717) is 17.0 Å². The lowest BCUT2D eigenvalue weighted by Gasteiger charge is -2.30. The molecule has 0 amide bonds. The van der Waals surface area contributed by atoms with Gasteiger partial charge in [-0.3, -0.25) is 10.1 Å². The summed E-state index contributed by atoms with van der Waals surface area (Å²) < 4.78 is 10.6. The van der Waals surface area contributed by atoms with E-state index in [4.69, 9.17) is 9.47 Å². The Morgan fingerprint density at radius 1 is 1.13 bits per heavy atom. The maximum Gasteiger partial charge on any atom is 0.337 e. The van der Waals surface area contributed by atoms with Crippen molar-refractivity contribution in [1.29, 1.82) is 0 Å². The van der Waals surface area contributed by atoms with Crippen LogP contribution in [-0.2, 0) is 19.1 Å². The van der Waals surface area contributed by atoms with Gasteiger partial charge < -0.3 is 14.8 Å². The normalized spacial score (nSPS) is 16.6. The Balaban J connectivity index is 2.54.